The number of nitrogens with two attached hydrogens (primary N) is 1. The van der Waals surface area contributed by atoms with Gasteiger partial charge >= 0.3 is 0 Å². The maximum atomic E-state index is 5.99. The van der Waals surface area contributed by atoms with Gasteiger partial charge in [-0.2, -0.15) is 0 Å². The molecule has 4 heteroatoms. The van der Waals surface area contributed by atoms with Crippen LogP contribution in [0.4, 0.5) is 5.69 Å². The first-order valence-corrected chi connectivity index (χ1v) is 6.69. The van der Waals surface area contributed by atoms with Gasteiger partial charge in [0.1, 0.15) is 4.99 Å². The highest BCUT2D eigenvalue weighted by Gasteiger charge is 2.08. The zero-order chi connectivity index (χ0) is 12.8. The molecule has 94 valence electrons. The van der Waals surface area contributed by atoms with E-state index in [1.54, 1.807) is 6.07 Å². The molecule has 0 aliphatic rings. The van der Waals surface area contributed by atoms with Crippen molar-refractivity contribution in [1.82, 2.24) is 0 Å². The predicted octanol–water partition coefficient (Wildman–Crippen LogP) is 3.96. The van der Waals surface area contributed by atoms with Gasteiger partial charge in [-0.3, -0.25) is 0 Å². The van der Waals surface area contributed by atoms with Crippen LogP contribution in [-0.4, -0.2) is 11.0 Å². The van der Waals surface area contributed by atoms with Crippen molar-refractivity contribution in [2.24, 2.45) is 5.73 Å². The lowest BCUT2D eigenvalue weighted by Gasteiger charge is -2.17. The molecule has 0 aliphatic heterocycles. The molecule has 1 rings (SSSR count). The van der Waals surface area contributed by atoms with Gasteiger partial charge in [-0.05, 0) is 31.5 Å². The van der Waals surface area contributed by atoms with Crippen molar-refractivity contribution in [1.29, 1.82) is 0 Å². The Morgan fingerprint density at radius 2 is 2.24 bits per heavy atom. The zero-order valence-corrected chi connectivity index (χ0v) is 11.9. The third-order valence-corrected chi connectivity index (χ3v) is 3.09. The Labute approximate surface area is 114 Å². The average molecular weight is 271 g/mol. The number of hydrogen-bond acceptors (Lipinski definition) is 2. The van der Waals surface area contributed by atoms with Crippen molar-refractivity contribution in [3.63, 3.8) is 0 Å². The minimum Gasteiger partial charge on any atom is -0.389 e. The van der Waals surface area contributed by atoms with E-state index in [-0.39, 0.29) is 0 Å². The topological polar surface area (TPSA) is 38.0 Å². The predicted molar refractivity (Wildman–Crippen MR) is 79.9 cm³/mol. The van der Waals surface area contributed by atoms with Gasteiger partial charge in [-0.15, -0.1) is 0 Å². The summed E-state index contributed by atoms with van der Waals surface area (Å²) in [5.74, 6) is 0. The molecule has 1 aromatic rings. The van der Waals surface area contributed by atoms with E-state index >= 15 is 0 Å². The van der Waals surface area contributed by atoms with Crippen molar-refractivity contribution in [2.45, 2.75) is 39.2 Å². The molecule has 1 unspecified atom stereocenters. The van der Waals surface area contributed by atoms with Gasteiger partial charge < -0.3 is 11.1 Å². The van der Waals surface area contributed by atoms with Gasteiger partial charge in [-0.25, -0.2) is 0 Å². The third kappa shape index (κ3) is 4.52. The summed E-state index contributed by atoms with van der Waals surface area (Å²) in [7, 11) is 0. The first-order chi connectivity index (χ1) is 8.04. The SMILES string of the molecule is CCCCC(C)Nc1cc(Cl)ccc1C(N)=S. The molecule has 0 spiro atoms. The van der Waals surface area contributed by atoms with Crippen LogP contribution >= 0.6 is 23.8 Å². The molecule has 0 amide bonds. The van der Waals surface area contributed by atoms with Gasteiger partial charge in [0.25, 0.3) is 0 Å². The molecule has 0 bridgehead atoms. The summed E-state index contributed by atoms with van der Waals surface area (Å²) >= 11 is 11.0. The fourth-order valence-electron chi connectivity index (χ4n) is 1.70. The van der Waals surface area contributed by atoms with Crippen LogP contribution in [0.15, 0.2) is 18.2 Å². The van der Waals surface area contributed by atoms with Crippen molar-refractivity contribution in [3.05, 3.63) is 28.8 Å². The number of anilines is 1. The summed E-state index contributed by atoms with van der Waals surface area (Å²) in [6, 6.07) is 5.93. The van der Waals surface area contributed by atoms with Crippen LogP contribution in [0.25, 0.3) is 0 Å². The van der Waals surface area contributed by atoms with E-state index in [0.717, 1.165) is 17.7 Å². The Balaban J connectivity index is 2.81. The second-order valence-corrected chi connectivity index (χ2v) is 5.12. The molecule has 0 fully saturated rings. The monoisotopic (exact) mass is 270 g/mol. The number of benzene rings is 1. The smallest absolute Gasteiger partial charge is 0.106 e. The number of unbranched alkanes of at least 4 members (excludes halogenated alkanes) is 1. The maximum absolute atomic E-state index is 5.99. The highest BCUT2D eigenvalue weighted by atomic mass is 35.5. The first-order valence-electron chi connectivity index (χ1n) is 5.90. The van der Waals surface area contributed by atoms with Crippen molar-refractivity contribution in [2.75, 3.05) is 5.32 Å². The van der Waals surface area contributed by atoms with Crippen LogP contribution in [0, 0.1) is 0 Å². The lowest BCUT2D eigenvalue weighted by Crippen LogP contribution is -2.19. The first kappa shape index (κ1) is 14.3. The Kier molecular flexibility index (Phi) is 5.72. The van der Waals surface area contributed by atoms with Gasteiger partial charge in [-0.1, -0.05) is 43.6 Å². The van der Waals surface area contributed by atoms with E-state index in [1.165, 1.54) is 12.8 Å². The zero-order valence-electron chi connectivity index (χ0n) is 10.3. The molecule has 0 radical (unpaired) electrons. The number of rotatable bonds is 6. The second-order valence-electron chi connectivity index (χ2n) is 4.24. The normalized spacial score (nSPS) is 12.2. The average Bonchev–Trinajstić information content (AvgIpc) is 2.26. The maximum Gasteiger partial charge on any atom is 0.106 e. The quantitative estimate of drug-likeness (QED) is 0.769. The Hall–Kier alpha value is -0.800. The van der Waals surface area contributed by atoms with E-state index in [0.29, 0.717) is 16.1 Å². The highest BCUT2D eigenvalue weighted by Crippen LogP contribution is 2.22. The van der Waals surface area contributed by atoms with E-state index < -0.39 is 0 Å². The molecule has 1 atom stereocenters. The Morgan fingerprint density at radius 1 is 1.53 bits per heavy atom. The van der Waals surface area contributed by atoms with Crippen LogP contribution < -0.4 is 11.1 Å². The molecule has 0 saturated carbocycles. The van der Waals surface area contributed by atoms with E-state index in [1.807, 2.05) is 12.1 Å². The molecular weight excluding hydrogens is 252 g/mol. The van der Waals surface area contributed by atoms with Crippen LogP contribution in [-0.2, 0) is 0 Å². The van der Waals surface area contributed by atoms with Crippen LogP contribution in [0.3, 0.4) is 0 Å². The highest BCUT2D eigenvalue weighted by molar-refractivity contribution is 7.80. The molecule has 17 heavy (non-hydrogen) atoms. The lowest BCUT2D eigenvalue weighted by molar-refractivity contribution is 0.645. The molecule has 0 heterocycles. The van der Waals surface area contributed by atoms with Crippen LogP contribution in [0.2, 0.25) is 5.02 Å². The molecule has 2 nitrogen and oxygen atoms in total. The van der Waals surface area contributed by atoms with E-state index in [9.17, 15) is 0 Å². The summed E-state index contributed by atoms with van der Waals surface area (Å²) in [4.78, 5) is 0.395. The fourth-order valence-corrected chi connectivity index (χ4v) is 2.05. The lowest BCUT2D eigenvalue weighted by atomic mass is 10.1. The van der Waals surface area contributed by atoms with E-state index in [4.69, 9.17) is 29.6 Å². The number of nitrogens with one attached hydrogen (secondary N) is 1. The number of halogens is 1. The standard InChI is InChI=1S/C13H19ClN2S/c1-3-4-5-9(2)16-12-8-10(14)6-7-11(12)13(15)17/h6-9,16H,3-5H2,1-2H3,(H2,15,17). The summed E-state index contributed by atoms with van der Waals surface area (Å²) in [6.45, 7) is 4.34. The van der Waals surface area contributed by atoms with Gasteiger partial charge in [0.05, 0.1) is 0 Å². The third-order valence-electron chi connectivity index (χ3n) is 2.64. The second kappa shape index (κ2) is 6.82. The molecule has 0 saturated heterocycles. The van der Waals surface area contributed by atoms with Crippen LogP contribution in [0.1, 0.15) is 38.7 Å². The Bertz CT molecular complexity index is 393. The molecule has 1 aromatic carbocycles. The Morgan fingerprint density at radius 3 is 2.82 bits per heavy atom. The summed E-state index contributed by atoms with van der Waals surface area (Å²) in [5.41, 5.74) is 7.47. The summed E-state index contributed by atoms with van der Waals surface area (Å²) < 4.78 is 0. The van der Waals surface area contributed by atoms with Crippen molar-refractivity contribution in [3.8, 4) is 0 Å². The summed E-state index contributed by atoms with van der Waals surface area (Å²) in [5, 5.41) is 4.11. The van der Waals surface area contributed by atoms with Crippen molar-refractivity contribution >= 4 is 34.5 Å². The molecule has 3 N–H and O–H groups in total. The van der Waals surface area contributed by atoms with Crippen LogP contribution in [0.5, 0.6) is 0 Å². The minimum absolute atomic E-state index is 0.390. The number of hydrogen-bond donors (Lipinski definition) is 2. The van der Waals surface area contributed by atoms with Gasteiger partial charge in [0.2, 0.25) is 0 Å². The van der Waals surface area contributed by atoms with Gasteiger partial charge in [0.15, 0.2) is 0 Å². The molecule has 0 aromatic heterocycles. The molecule has 0 aliphatic carbocycles. The molecular formula is C13H19ClN2S. The summed E-state index contributed by atoms with van der Waals surface area (Å²) in [6.07, 6.45) is 3.53. The van der Waals surface area contributed by atoms with Gasteiger partial charge in [0, 0.05) is 22.3 Å². The minimum atomic E-state index is 0.390. The van der Waals surface area contributed by atoms with Crippen molar-refractivity contribution < 1.29 is 0 Å². The van der Waals surface area contributed by atoms with E-state index in [2.05, 4.69) is 19.2 Å². The largest absolute Gasteiger partial charge is 0.389 e. The fraction of sp³-hybridized carbons (Fsp3) is 0.462. The number of thiocarbonyl (C=S) groups is 1.